The van der Waals surface area contributed by atoms with E-state index in [-0.39, 0.29) is 28.9 Å². The minimum absolute atomic E-state index is 0.00276. The van der Waals surface area contributed by atoms with E-state index in [0.717, 1.165) is 12.1 Å². The van der Waals surface area contributed by atoms with Gasteiger partial charge in [-0.2, -0.15) is 13.2 Å². The Bertz CT molecular complexity index is 1100. The van der Waals surface area contributed by atoms with Crippen molar-refractivity contribution >= 4 is 34.8 Å². The van der Waals surface area contributed by atoms with Crippen LogP contribution in [0.5, 0.6) is 11.6 Å². The molecule has 1 amide bonds. The maximum absolute atomic E-state index is 13.3. The number of ether oxygens (including phenoxy) is 2. The molecular formula is C20H16Cl2F3N3O3. The lowest BCUT2D eigenvalue weighted by molar-refractivity contribution is -0.137. The van der Waals surface area contributed by atoms with Gasteiger partial charge in [-0.3, -0.25) is 14.4 Å². The smallest absolute Gasteiger partial charge is 0.416 e. The molecule has 1 aromatic heterocycles. The fourth-order valence-corrected chi connectivity index (χ4v) is 3.26. The highest BCUT2D eigenvalue weighted by atomic mass is 35.5. The maximum atomic E-state index is 13.3. The van der Waals surface area contributed by atoms with E-state index in [0.29, 0.717) is 10.7 Å². The van der Waals surface area contributed by atoms with Crippen LogP contribution >= 0.6 is 23.2 Å². The average molecular weight is 474 g/mol. The highest BCUT2D eigenvalue weighted by Crippen LogP contribution is 2.34. The Hall–Kier alpha value is -2.75. The van der Waals surface area contributed by atoms with Crippen LogP contribution in [0.25, 0.3) is 0 Å². The molecule has 31 heavy (non-hydrogen) atoms. The summed E-state index contributed by atoms with van der Waals surface area (Å²) in [7, 11) is 2.94. The van der Waals surface area contributed by atoms with E-state index >= 15 is 0 Å². The van der Waals surface area contributed by atoms with E-state index in [1.165, 1.54) is 41.1 Å². The molecule has 3 rings (SSSR count). The molecule has 0 N–H and O–H groups in total. The predicted molar refractivity (Wildman–Crippen MR) is 110 cm³/mol. The Morgan fingerprint density at radius 1 is 1.19 bits per heavy atom. The molecule has 0 saturated heterocycles. The van der Waals surface area contributed by atoms with Gasteiger partial charge in [0, 0.05) is 25.4 Å². The molecular weight excluding hydrogens is 458 g/mol. The van der Waals surface area contributed by atoms with Gasteiger partial charge in [-0.05, 0) is 36.4 Å². The van der Waals surface area contributed by atoms with Gasteiger partial charge < -0.3 is 9.47 Å². The first-order chi connectivity index (χ1) is 14.6. The van der Waals surface area contributed by atoms with Crippen LogP contribution in [0.4, 0.5) is 18.9 Å². The van der Waals surface area contributed by atoms with Crippen molar-refractivity contribution in [3.05, 3.63) is 69.8 Å². The van der Waals surface area contributed by atoms with Crippen LogP contribution in [-0.4, -0.2) is 29.5 Å². The number of halogens is 5. The molecule has 0 fully saturated rings. The molecule has 0 aliphatic heterocycles. The van der Waals surface area contributed by atoms with Gasteiger partial charge in [-0.1, -0.05) is 29.3 Å². The second kappa shape index (κ2) is 9.17. The van der Waals surface area contributed by atoms with E-state index in [1.54, 1.807) is 19.2 Å². The molecule has 0 spiro atoms. The van der Waals surface area contributed by atoms with Crippen LogP contribution in [0, 0.1) is 0 Å². The first kappa shape index (κ1) is 22.9. The number of aromatic nitrogens is 2. The van der Waals surface area contributed by atoms with Crippen molar-refractivity contribution in [3.8, 4) is 11.6 Å². The number of anilines is 1. The number of benzene rings is 2. The zero-order valence-corrected chi connectivity index (χ0v) is 17.8. The molecule has 0 saturated carbocycles. The van der Waals surface area contributed by atoms with Crippen LogP contribution in [0.3, 0.4) is 0 Å². The highest BCUT2D eigenvalue weighted by Gasteiger charge is 2.31. The zero-order valence-electron chi connectivity index (χ0n) is 16.3. The Morgan fingerprint density at radius 2 is 1.94 bits per heavy atom. The minimum Gasteiger partial charge on any atom is -0.437 e. The molecule has 0 aliphatic carbocycles. The summed E-state index contributed by atoms with van der Waals surface area (Å²) in [5.41, 5.74) is -0.558. The van der Waals surface area contributed by atoms with Gasteiger partial charge in [-0.15, -0.1) is 5.10 Å². The molecule has 2 aromatic carbocycles. The van der Waals surface area contributed by atoms with Crippen molar-refractivity contribution in [1.29, 1.82) is 0 Å². The second-order valence-electron chi connectivity index (χ2n) is 6.40. The van der Waals surface area contributed by atoms with E-state index in [1.807, 2.05) is 0 Å². The first-order valence-electron chi connectivity index (χ1n) is 8.74. The summed E-state index contributed by atoms with van der Waals surface area (Å²) < 4.78 is 50.9. The topological polar surface area (TPSA) is 56.6 Å². The predicted octanol–water partition coefficient (Wildman–Crippen LogP) is 5.79. The normalized spacial score (nSPS) is 11.5. The Kier molecular flexibility index (Phi) is 6.78. The van der Waals surface area contributed by atoms with Gasteiger partial charge in [0.2, 0.25) is 0 Å². The fraction of sp³-hybridized carbons (Fsp3) is 0.200. The Labute approximate surface area is 185 Å². The van der Waals surface area contributed by atoms with Crippen molar-refractivity contribution in [2.75, 3.05) is 18.7 Å². The second-order valence-corrected chi connectivity index (χ2v) is 7.24. The SMILES string of the molecule is COCN(C(=O)c1cn(C)nc1Oc1cccc(C(F)(F)F)c1)c1ccc(Cl)cc1Cl. The van der Waals surface area contributed by atoms with Crippen molar-refractivity contribution in [2.24, 2.45) is 7.05 Å². The summed E-state index contributed by atoms with van der Waals surface area (Å²) in [5, 5.41) is 4.66. The van der Waals surface area contributed by atoms with Crippen LogP contribution in [0.2, 0.25) is 10.0 Å². The van der Waals surface area contributed by atoms with Gasteiger partial charge in [0.1, 0.15) is 18.0 Å². The lowest BCUT2D eigenvalue weighted by Gasteiger charge is -2.22. The van der Waals surface area contributed by atoms with Crippen LogP contribution in [0.15, 0.2) is 48.7 Å². The highest BCUT2D eigenvalue weighted by molar-refractivity contribution is 6.37. The summed E-state index contributed by atoms with van der Waals surface area (Å²) in [5.74, 6) is -0.871. The fourth-order valence-electron chi connectivity index (χ4n) is 2.75. The molecule has 0 radical (unpaired) electrons. The van der Waals surface area contributed by atoms with E-state index < -0.39 is 17.6 Å². The van der Waals surface area contributed by atoms with E-state index in [9.17, 15) is 18.0 Å². The number of methoxy groups -OCH3 is 1. The number of hydrogen-bond donors (Lipinski definition) is 0. The van der Waals surface area contributed by atoms with Crippen molar-refractivity contribution in [3.63, 3.8) is 0 Å². The molecule has 3 aromatic rings. The molecule has 0 aliphatic rings. The number of carbonyl (C=O) groups is 1. The molecule has 164 valence electrons. The summed E-state index contributed by atoms with van der Waals surface area (Å²) in [6.45, 7) is -0.155. The molecule has 0 bridgehead atoms. The third-order valence-corrected chi connectivity index (χ3v) is 4.64. The third-order valence-electron chi connectivity index (χ3n) is 4.11. The van der Waals surface area contributed by atoms with Crippen LogP contribution in [0.1, 0.15) is 15.9 Å². The van der Waals surface area contributed by atoms with Crippen molar-refractivity contribution < 1.29 is 27.4 Å². The molecule has 6 nitrogen and oxygen atoms in total. The summed E-state index contributed by atoms with van der Waals surface area (Å²) in [6, 6.07) is 8.85. The molecule has 11 heteroatoms. The number of amides is 1. The number of hydrogen-bond acceptors (Lipinski definition) is 4. The maximum Gasteiger partial charge on any atom is 0.416 e. The summed E-state index contributed by atoms with van der Waals surface area (Å²) >= 11 is 12.2. The number of aryl methyl sites for hydroxylation is 1. The summed E-state index contributed by atoms with van der Waals surface area (Å²) in [4.78, 5) is 14.5. The Morgan fingerprint density at radius 3 is 2.58 bits per heavy atom. The average Bonchev–Trinajstić information content (AvgIpc) is 3.06. The standard InChI is InChI=1S/C20H16Cl2F3N3O3/c1-27-10-15(18(26-27)31-14-5-3-4-12(8-14)20(23,24)25)19(29)28(11-30-2)17-7-6-13(21)9-16(17)22/h3-10H,11H2,1-2H3. The summed E-state index contributed by atoms with van der Waals surface area (Å²) in [6.07, 6.45) is -3.15. The van der Waals surface area contributed by atoms with Crippen molar-refractivity contribution in [2.45, 2.75) is 6.18 Å². The number of nitrogens with zero attached hydrogens (tertiary/aromatic N) is 3. The zero-order chi connectivity index (χ0) is 22.8. The molecule has 0 atom stereocenters. The lowest BCUT2D eigenvalue weighted by Crippen LogP contribution is -2.33. The number of rotatable bonds is 6. The van der Waals surface area contributed by atoms with Crippen LogP contribution < -0.4 is 9.64 Å². The van der Waals surface area contributed by atoms with E-state index in [2.05, 4.69) is 5.10 Å². The van der Waals surface area contributed by atoms with Gasteiger partial charge in [-0.25, -0.2) is 0 Å². The third kappa shape index (κ3) is 5.30. The van der Waals surface area contributed by atoms with Gasteiger partial charge in [0.15, 0.2) is 0 Å². The molecule has 0 unspecified atom stereocenters. The lowest BCUT2D eigenvalue weighted by atomic mass is 10.2. The number of alkyl halides is 3. The quantitative estimate of drug-likeness (QED) is 0.425. The van der Waals surface area contributed by atoms with Gasteiger partial charge >= 0.3 is 6.18 Å². The molecule has 1 heterocycles. The number of carbonyl (C=O) groups excluding carboxylic acids is 1. The van der Waals surface area contributed by atoms with Crippen molar-refractivity contribution in [1.82, 2.24) is 9.78 Å². The van der Waals surface area contributed by atoms with E-state index in [4.69, 9.17) is 32.7 Å². The van der Waals surface area contributed by atoms with Crippen LogP contribution in [-0.2, 0) is 18.0 Å². The largest absolute Gasteiger partial charge is 0.437 e. The first-order valence-corrected chi connectivity index (χ1v) is 9.50. The monoisotopic (exact) mass is 473 g/mol. The van der Waals surface area contributed by atoms with Gasteiger partial charge in [0.25, 0.3) is 11.8 Å². The minimum atomic E-state index is -4.54. The van der Waals surface area contributed by atoms with Gasteiger partial charge in [0.05, 0.1) is 16.3 Å². The Balaban J connectivity index is 1.97.